The van der Waals surface area contributed by atoms with Crippen LogP contribution in [0.3, 0.4) is 0 Å². The van der Waals surface area contributed by atoms with Crippen molar-refractivity contribution in [2.75, 3.05) is 6.54 Å². The Morgan fingerprint density at radius 1 is 1.12 bits per heavy atom. The summed E-state index contributed by atoms with van der Waals surface area (Å²) in [6.07, 6.45) is 0.269. The smallest absolute Gasteiger partial charge is 0.411 e. The molecule has 0 aromatic heterocycles. The molecular weight excluding hydrogens is 310 g/mol. The lowest BCUT2D eigenvalue weighted by Crippen LogP contribution is -2.46. The van der Waals surface area contributed by atoms with E-state index < -0.39 is 35.4 Å². The van der Waals surface area contributed by atoms with Crippen LogP contribution < -0.4 is 0 Å². The van der Waals surface area contributed by atoms with Crippen molar-refractivity contribution in [3.63, 3.8) is 0 Å². The highest BCUT2D eigenvalue weighted by atomic mass is 16.6. The summed E-state index contributed by atoms with van der Waals surface area (Å²) in [4.78, 5) is 26.4. The molecule has 0 bridgehead atoms. The first-order valence-electron chi connectivity index (χ1n) is 8.33. The zero-order valence-electron chi connectivity index (χ0n) is 16.0. The van der Waals surface area contributed by atoms with Gasteiger partial charge in [0.15, 0.2) is 6.04 Å². The number of carbonyl (C=O) groups excluding carboxylic acids is 2. The van der Waals surface area contributed by atoms with Gasteiger partial charge in [-0.25, -0.2) is 9.59 Å². The number of hydrogen-bond acceptors (Lipinski definition) is 5. The molecule has 1 rings (SSSR count). The highest BCUT2D eigenvalue weighted by molar-refractivity contribution is 5.86. The van der Waals surface area contributed by atoms with Gasteiger partial charge in [0.2, 0.25) is 0 Å². The summed E-state index contributed by atoms with van der Waals surface area (Å²) in [5.41, 5.74) is -0.886. The van der Waals surface area contributed by atoms with Crippen LogP contribution >= 0.6 is 0 Å². The van der Waals surface area contributed by atoms with Crippen molar-refractivity contribution in [3.05, 3.63) is 11.6 Å². The van der Waals surface area contributed by atoms with Gasteiger partial charge in [-0.05, 0) is 53.0 Å². The normalized spacial score (nSPS) is 23.8. The van der Waals surface area contributed by atoms with E-state index >= 15 is 0 Å². The van der Waals surface area contributed by atoms with Gasteiger partial charge >= 0.3 is 12.1 Å². The van der Waals surface area contributed by atoms with E-state index in [9.17, 15) is 14.7 Å². The number of hydrogen-bond donors (Lipinski definition) is 1. The standard InChI is InChI=1S/C18H31NO5/c1-11(2)9-12-13(20)10-19(16(22)24-18(6,7)8)14(12)15(21)23-17(3,4)5/h9,11,13-14,20H,10H2,1-8H3/t13-,14+/m1/s1. The quantitative estimate of drug-likeness (QED) is 0.617. The molecule has 1 amide bonds. The molecule has 138 valence electrons. The minimum Gasteiger partial charge on any atom is -0.458 e. The average Bonchev–Trinajstić information content (AvgIpc) is 2.62. The molecule has 1 saturated heterocycles. The summed E-state index contributed by atoms with van der Waals surface area (Å²) in [6.45, 7) is 14.5. The van der Waals surface area contributed by atoms with Gasteiger partial charge in [0.05, 0.1) is 12.6 Å². The molecule has 1 fully saturated rings. The fourth-order valence-electron chi connectivity index (χ4n) is 2.47. The Balaban J connectivity index is 3.17. The molecule has 0 radical (unpaired) electrons. The van der Waals surface area contributed by atoms with Crippen molar-refractivity contribution >= 4 is 12.1 Å². The van der Waals surface area contributed by atoms with Gasteiger partial charge < -0.3 is 14.6 Å². The number of aliphatic hydroxyl groups excluding tert-OH is 1. The van der Waals surface area contributed by atoms with Gasteiger partial charge in [0.1, 0.15) is 11.2 Å². The number of esters is 1. The van der Waals surface area contributed by atoms with Crippen LogP contribution in [0.25, 0.3) is 0 Å². The SMILES string of the molecule is CC(C)C=C1[C@@H](C(=O)OC(C)(C)C)N(C(=O)OC(C)(C)C)C[C@H]1O. The van der Waals surface area contributed by atoms with Crippen LogP contribution in [0.1, 0.15) is 55.4 Å². The predicted octanol–water partition coefficient (Wildman–Crippen LogP) is 2.89. The molecule has 0 aliphatic carbocycles. The monoisotopic (exact) mass is 341 g/mol. The first-order valence-corrected chi connectivity index (χ1v) is 8.33. The molecule has 1 aliphatic rings. The second kappa shape index (κ2) is 7.13. The van der Waals surface area contributed by atoms with Crippen LogP contribution in [-0.2, 0) is 14.3 Å². The lowest BCUT2D eigenvalue weighted by molar-refractivity contribution is -0.158. The molecule has 24 heavy (non-hydrogen) atoms. The molecule has 0 aromatic carbocycles. The summed E-state index contributed by atoms with van der Waals surface area (Å²) in [5, 5.41) is 10.3. The van der Waals surface area contributed by atoms with Crippen molar-refractivity contribution in [1.82, 2.24) is 4.90 Å². The maximum absolute atomic E-state index is 12.7. The number of rotatable bonds is 2. The van der Waals surface area contributed by atoms with Crippen LogP contribution in [0.2, 0.25) is 0 Å². The molecule has 1 N–H and O–H groups in total. The zero-order chi connectivity index (χ0) is 18.9. The Morgan fingerprint density at radius 2 is 1.62 bits per heavy atom. The third kappa shape index (κ3) is 5.82. The molecule has 1 heterocycles. The first-order chi connectivity index (χ1) is 10.7. The third-order valence-electron chi connectivity index (χ3n) is 3.17. The zero-order valence-corrected chi connectivity index (χ0v) is 16.0. The van der Waals surface area contributed by atoms with E-state index in [0.29, 0.717) is 5.57 Å². The van der Waals surface area contributed by atoms with E-state index in [0.717, 1.165) is 0 Å². The van der Waals surface area contributed by atoms with Crippen molar-refractivity contribution < 1.29 is 24.2 Å². The minimum atomic E-state index is -0.962. The van der Waals surface area contributed by atoms with Gasteiger partial charge in [-0.3, -0.25) is 4.90 Å². The average molecular weight is 341 g/mol. The van der Waals surface area contributed by atoms with Gasteiger partial charge in [-0.2, -0.15) is 0 Å². The van der Waals surface area contributed by atoms with Gasteiger partial charge in [0.25, 0.3) is 0 Å². The molecule has 0 saturated carbocycles. The lowest BCUT2D eigenvalue weighted by atomic mass is 10.0. The fraction of sp³-hybridized carbons (Fsp3) is 0.778. The molecule has 1 aliphatic heterocycles. The molecule has 0 spiro atoms. The highest BCUT2D eigenvalue weighted by Gasteiger charge is 2.46. The maximum Gasteiger partial charge on any atom is 0.411 e. The van der Waals surface area contributed by atoms with E-state index in [4.69, 9.17) is 9.47 Å². The number of likely N-dealkylation sites (tertiary alicyclic amines) is 1. The van der Waals surface area contributed by atoms with Gasteiger partial charge in [-0.1, -0.05) is 19.9 Å². The molecule has 6 heteroatoms. The summed E-state index contributed by atoms with van der Waals surface area (Å²) in [5.74, 6) is -0.435. The highest BCUT2D eigenvalue weighted by Crippen LogP contribution is 2.29. The van der Waals surface area contributed by atoms with Crippen molar-refractivity contribution in [2.24, 2.45) is 5.92 Å². The van der Waals surface area contributed by atoms with Crippen molar-refractivity contribution in [1.29, 1.82) is 0 Å². The Kier molecular flexibility index (Phi) is 6.09. The Bertz CT molecular complexity index is 510. The first kappa shape index (κ1) is 20.5. The second-order valence-electron chi connectivity index (χ2n) is 8.50. The number of ether oxygens (including phenoxy) is 2. The second-order valence-corrected chi connectivity index (χ2v) is 8.50. The van der Waals surface area contributed by atoms with Crippen LogP contribution in [0, 0.1) is 5.92 Å². The minimum absolute atomic E-state index is 0.0113. The topological polar surface area (TPSA) is 76.1 Å². The largest absolute Gasteiger partial charge is 0.458 e. The maximum atomic E-state index is 12.7. The van der Waals surface area contributed by atoms with Crippen molar-refractivity contribution in [2.45, 2.75) is 78.7 Å². The molecule has 2 atom stereocenters. The molecule has 0 aromatic rings. The van der Waals surface area contributed by atoms with E-state index in [1.165, 1.54) is 4.90 Å². The summed E-state index contributed by atoms with van der Waals surface area (Å²) >= 11 is 0. The number of amides is 1. The van der Waals surface area contributed by atoms with E-state index in [-0.39, 0.29) is 12.5 Å². The third-order valence-corrected chi connectivity index (χ3v) is 3.17. The predicted molar refractivity (Wildman–Crippen MR) is 91.5 cm³/mol. The number of nitrogens with zero attached hydrogens (tertiary/aromatic N) is 1. The van der Waals surface area contributed by atoms with Gasteiger partial charge in [-0.15, -0.1) is 0 Å². The molecule has 0 unspecified atom stereocenters. The number of allylic oxidation sites excluding steroid dienone is 1. The lowest BCUT2D eigenvalue weighted by Gasteiger charge is -2.29. The summed E-state index contributed by atoms with van der Waals surface area (Å²) in [6, 6.07) is -0.962. The fourth-order valence-corrected chi connectivity index (χ4v) is 2.47. The molecular formula is C18H31NO5. The number of carbonyl (C=O) groups is 2. The van der Waals surface area contributed by atoms with E-state index in [1.807, 2.05) is 19.9 Å². The number of β-amino-alcohol motifs (C(OH)–C–C–N with tert-alkyl or cyclic N) is 1. The molecule has 6 nitrogen and oxygen atoms in total. The van der Waals surface area contributed by atoms with E-state index in [2.05, 4.69) is 0 Å². The van der Waals surface area contributed by atoms with Crippen molar-refractivity contribution in [3.8, 4) is 0 Å². The van der Waals surface area contributed by atoms with Crippen LogP contribution in [0.5, 0.6) is 0 Å². The summed E-state index contributed by atoms with van der Waals surface area (Å²) in [7, 11) is 0. The van der Waals surface area contributed by atoms with E-state index in [1.54, 1.807) is 41.5 Å². The van der Waals surface area contributed by atoms with Crippen LogP contribution in [0.15, 0.2) is 11.6 Å². The Labute approximate surface area is 144 Å². The number of aliphatic hydroxyl groups is 1. The summed E-state index contributed by atoms with van der Waals surface area (Å²) < 4.78 is 10.8. The van der Waals surface area contributed by atoms with Gasteiger partial charge in [0, 0.05) is 0 Å². The Morgan fingerprint density at radius 3 is 2.04 bits per heavy atom. The van der Waals surface area contributed by atoms with Crippen LogP contribution in [-0.4, -0.2) is 52.0 Å². The Hall–Kier alpha value is -1.56. The van der Waals surface area contributed by atoms with Crippen LogP contribution in [0.4, 0.5) is 4.79 Å².